The van der Waals surface area contributed by atoms with E-state index in [1.807, 2.05) is 7.05 Å². The topological polar surface area (TPSA) is 12.0 Å². The van der Waals surface area contributed by atoms with Crippen molar-refractivity contribution in [2.24, 2.45) is 0 Å². The van der Waals surface area contributed by atoms with Crippen LogP contribution in [0.1, 0.15) is 23.6 Å². The number of hydrogen-bond donors (Lipinski definition) is 1. The highest BCUT2D eigenvalue weighted by molar-refractivity contribution is 5.60. The summed E-state index contributed by atoms with van der Waals surface area (Å²) < 4.78 is 0. The Balaban J connectivity index is 2.14. The summed E-state index contributed by atoms with van der Waals surface area (Å²) in [6.45, 7) is 2.21. The lowest BCUT2D eigenvalue weighted by atomic mass is 10.0. The average molecular weight is 187 g/mol. The molecular formula is C13H17N. The predicted octanol–water partition coefficient (Wildman–Crippen LogP) is 2.41. The molecule has 0 aromatic heterocycles. The van der Waals surface area contributed by atoms with Crippen LogP contribution in [0.4, 0.5) is 0 Å². The highest BCUT2D eigenvalue weighted by atomic mass is 14.8. The third-order valence-corrected chi connectivity index (χ3v) is 2.88. The van der Waals surface area contributed by atoms with Gasteiger partial charge in [0.05, 0.1) is 0 Å². The van der Waals surface area contributed by atoms with Crippen LogP contribution in [0.15, 0.2) is 24.3 Å². The van der Waals surface area contributed by atoms with Crippen molar-refractivity contribution < 1.29 is 0 Å². The van der Waals surface area contributed by atoms with Crippen molar-refractivity contribution in [1.82, 2.24) is 5.32 Å². The fourth-order valence-electron chi connectivity index (χ4n) is 1.89. The monoisotopic (exact) mass is 187 g/mol. The molecule has 0 spiro atoms. The Morgan fingerprint density at radius 3 is 3.07 bits per heavy atom. The SMILES string of the molecule is CNC(C)Cc1ccc2c(c1)CC=C2. The summed E-state index contributed by atoms with van der Waals surface area (Å²) in [5.74, 6) is 0. The maximum absolute atomic E-state index is 3.27. The number of benzene rings is 1. The van der Waals surface area contributed by atoms with Gasteiger partial charge in [-0.1, -0.05) is 30.4 Å². The highest BCUT2D eigenvalue weighted by Crippen LogP contribution is 2.21. The molecule has 0 amide bonds. The fraction of sp³-hybridized carbons (Fsp3) is 0.385. The van der Waals surface area contributed by atoms with E-state index >= 15 is 0 Å². The van der Waals surface area contributed by atoms with Gasteiger partial charge in [-0.25, -0.2) is 0 Å². The van der Waals surface area contributed by atoms with Gasteiger partial charge in [0.15, 0.2) is 0 Å². The summed E-state index contributed by atoms with van der Waals surface area (Å²) in [5, 5.41) is 3.27. The Morgan fingerprint density at radius 1 is 1.43 bits per heavy atom. The molecule has 14 heavy (non-hydrogen) atoms. The van der Waals surface area contributed by atoms with Gasteiger partial charge in [0.2, 0.25) is 0 Å². The Morgan fingerprint density at radius 2 is 2.29 bits per heavy atom. The molecule has 1 aliphatic carbocycles. The molecule has 0 aliphatic heterocycles. The zero-order valence-corrected chi connectivity index (χ0v) is 8.88. The Hall–Kier alpha value is -1.08. The summed E-state index contributed by atoms with van der Waals surface area (Å²) >= 11 is 0. The molecule has 0 radical (unpaired) electrons. The Bertz CT molecular complexity index is 352. The lowest BCUT2D eigenvalue weighted by Gasteiger charge is -2.11. The molecule has 74 valence electrons. The minimum atomic E-state index is 0.558. The van der Waals surface area contributed by atoms with E-state index in [0.29, 0.717) is 6.04 Å². The molecule has 0 fully saturated rings. The summed E-state index contributed by atoms with van der Waals surface area (Å²) in [6.07, 6.45) is 6.66. The van der Waals surface area contributed by atoms with Crippen LogP contribution in [-0.4, -0.2) is 13.1 Å². The summed E-state index contributed by atoms with van der Waals surface area (Å²) in [5.41, 5.74) is 4.31. The minimum absolute atomic E-state index is 0.558. The van der Waals surface area contributed by atoms with E-state index < -0.39 is 0 Å². The molecular weight excluding hydrogens is 170 g/mol. The molecule has 1 aromatic rings. The smallest absolute Gasteiger partial charge is 0.00761 e. The first kappa shape index (κ1) is 9.47. The van der Waals surface area contributed by atoms with Crippen molar-refractivity contribution in [3.63, 3.8) is 0 Å². The maximum Gasteiger partial charge on any atom is 0.00761 e. The van der Waals surface area contributed by atoms with Crippen molar-refractivity contribution in [1.29, 1.82) is 0 Å². The van der Waals surface area contributed by atoms with Crippen LogP contribution in [0.3, 0.4) is 0 Å². The number of rotatable bonds is 3. The second kappa shape index (κ2) is 3.97. The van der Waals surface area contributed by atoms with Crippen LogP contribution in [0.2, 0.25) is 0 Å². The molecule has 0 saturated heterocycles. The standard InChI is InChI=1S/C13H17N/c1-10(14-2)8-11-6-7-12-4-3-5-13(12)9-11/h3-4,6-7,9-10,14H,5,8H2,1-2H3. The van der Waals surface area contributed by atoms with Crippen LogP contribution in [-0.2, 0) is 12.8 Å². The van der Waals surface area contributed by atoms with Gasteiger partial charge in [-0.15, -0.1) is 0 Å². The van der Waals surface area contributed by atoms with Crippen LogP contribution in [0.5, 0.6) is 0 Å². The van der Waals surface area contributed by atoms with Gasteiger partial charge in [0.1, 0.15) is 0 Å². The lowest BCUT2D eigenvalue weighted by Crippen LogP contribution is -2.23. The normalized spacial score (nSPS) is 15.6. The van der Waals surface area contributed by atoms with E-state index in [1.165, 1.54) is 16.7 Å². The zero-order valence-electron chi connectivity index (χ0n) is 8.88. The van der Waals surface area contributed by atoms with E-state index in [2.05, 4.69) is 42.6 Å². The average Bonchev–Trinajstić information content (AvgIpc) is 2.64. The summed E-state index contributed by atoms with van der Waals surface area (Å²) in [6, 6.07) is 7.37. The summed E-state index contributed by atoms with van der Waals surface area (Å²) in [4.78, 5) is 0. The first-order valence-corrected chi connectivity index (χ1v) is 5.25. The second-order valence-electron chi connectivity index (χ2n) is 4.03. The molecule has 1 heteroatoms. The van der Waals surface area contributed by atoms with Gasteiger partial charge in [-0.2, -0.15) is 0 Å². The largest absolute Gasteiger partial charge is 0.317 e. The second-order valence-corrected chi connectivity index (χ2v) is 4.03. The molecule has 1 aromatic carbocycles. The van der Waals surface area contributed by atoms with E-state index in [9.17, 15) is 0 Å². The van der Waals surface area contributed by atoms with Crippen LogP contribution in [0.25, 0.3) is 6.08 Å². The maximum atomic E-state index is 3.27. The number of fused-ring (bicyclic) bond motifs is 1. The molecule has 1 unspecified atom stereocenters. The highest BCUT2D eigenvalue weighted by Gasteiger charge is 2.06. The molecule has 1 nitrogen and oxygen atoms in total. The lowest BCUT2D eigenvalue weighted by molar-refractivity contribution is 0.608. The number of hydrogen-bond acceptors (Lipinski definition) is 1. The first-order valence-electron chi connectivity index (χ1n) is 5.25. The number of allylic oxidation sites excluding steroid dienone is 1. The molecule has 1 N–H and O–H groups in total. The molecule has 0 bridgehead atoms. The third kappa shape index (κ3) is 1.88. The molecule has 0 heterocycles. The minimum Gasteiger partial charge on any atom is -0.317 e. The van der Waals surface area contributed by atoms with E-state index in [0.717, 1.165) is 12.8 Å². The van der Waals surface area contributed by atoms with Crippen LogP contribution >= 0.6 is 0 Å². The Kier molecular flexibility index (Phi) is 2.69. The van der Waals surface area contributed by atoms with E-state index in [-0.39, 0.29) is 0 Å². The van der Waals surface area contributed by atoms with Crippen LogP contribution in [0, 0.1) is 0 Å². The van der Waals surface area contributed by atoms with Crippen molar-refractivity contribution in [3.05, 3.63) is 41.0 Å². The number of nitrogens with one attached hydrogen (secondary N) is 1. The van der Waals surface area contributed by atoms with Gasteiger partial charge in [-0.05, 0) is 43.5 Å². The quantitative estimate of drug-likeness (QED) is 0.766. The Labute approximate surface area is 85.8 Å². The van der Waals surface area contributed by atoms with Crippen molar-refractivity contribution >= 4 is 6.08 Å². The van der Waals surface area contributed by atoms with Crippen LogP contribution < -0.4 is 5.32 Å². The zero-order chi connectivity index (χ0) is 9.97. The molecule has 0 saturated carbocycles. The van der Waals surface area contributed by atoms with Gasteiger partial charge < -0.3 is 5.32 Å². The third-order valence-electron chi connectivity index (χ3n) is 2.88. The van der Waals surface area contributed by atoms with Gasteiger partial charge in [0, 0.05) is 6.04 Å². The van der Waals surface area contributed by atoms with Crippen molar-refractivity contribution in [2.45, 2.75) is 25.8 Å². The van der Waals surface area contributed by atoms with Crippen molar-refractivity contribution in [3.8, 4) is 0 Å². The van der Waals surface area contributed by atoms with Crippen molar-refractivity contribution in [2.75, 3.05) is 7.05 Å². The summed E-state index contributed by atoms with van der Waals surface area (Å²) in [7, 11) is 2.01. The first-order chi connectivity index (χ1) is 6.79. The van der Waals surface area contributed by atoms with E-state index in [4.69, 9.17) is 0 Å². The van der Waals surface area contributed by atoms with E-state index in [1.54, 1.807) is 0 Å². The molecule has 1 aliphatic rings. The molecule has 1 atom stereocenters. The number of likely N-dealkylation sites (N-methyl/N-ethyl adjacent to an activating group) is 1. The van der Waals surface area contributed by atoms with Gasteiger partial charge >= 0.3 is 0 Å². The van der Waals surface area contributed by atoms with Gasteiger partial charge in [0.25, 0.3) is 0 Å². The fourth-order valence-corrected chi connectivity index (χ4v) is 1.89. The predicted molar refractivity (Wildman–Crippen MR) is 61.4 cm³/mol. The van der Waals surface area contributed by atoms with Gasteiger partial charge in [-0.3, -0.25) is 0 Å². The molecule has 2 rings (SSSR count).